The lowest BCUT2D eigenvalue weighted by Gasteiger charge is -2.16. The summed E-state index contributed by atoms with van der Waals surface area (Å²) in [7, 11) is 0. The summed E-state index contributed by atoms with van der Waals surface area (Å²) in [5.74, 6) is 1.96. The van der Waals surface area contributed by atoms with Gasteiger partial charge in [0.25, 0.3) is 5.89 Å². The Balaban J connectivity index is 1.38. The fourth-order valence-corrected chi connectivity index (χ4v) is 4.00. The van der Waals surface area contributed by atoms with Gasteiger partial charge in [-0.25, -0.2) is 0 Å². The summed E-state index contributed by atoms with van der Waals surface area (Å²) in [6.07, 6.45) is 4.61. The minimum Gasteiger partial charge on any atom is -0.494 e. The van der Waals surface area contributed by atoms with Crippen molar-refractivity contribution in [3.63, 3.8) is 0 Å². The zero-order valence-corrected chi connectivity index (χ0v) is 18.7. The molecule has 7 heteroatoms. The maximum atomic E-state index is 12.5. The van der Waals surface area contributed by atoms with Crippen LogP contribution in [0.15, 0.2) is 57.9 Å². The van der Waals surface area contributed by atoms with Gasteiger partial charge in [-0.3, -0.25) is 4.79 Å². The number of thioether (sulfide) groups is 1. The van der Waals surface area contributed by atoms with Crippen molar-refractivity contribution in [1.29, 1.82) is 0 Å². The Morgan fingerprint density at radius 1 is 1.16 bits per heavy atom. The molecule has 0 spiro atoms. The van der Waals surface area contributed by atoms with Gasteiger partial charge in [0.15, 0.2) is 5.82 Å². The third-order valence-electron chi connectivity index (χ3n) is 5.42. The molecule has 1 aliphatic heterocycles. The molecule has 1 unspecified atom stereocenters. The van der Waals surface area contributed by atoms with Crippen LogP contribution in [-0.4, -0.2) is 40.4 Å². The molecule has 1 saturated heterocycles. The van der Waals surface area contributed by atoms with E-state index in [1.807, 2.05) is 29.2 Å². The van der Waals surface area contributed by atoms with Crippen molar-refractivity contribution in [2.24, 2.45) is 0 Å². The number of amides is 1. The summed E-state index contributed by atoms with van der Waals surface area (Å²) in [5, 5.41) is 4.16. The molecule has 1 atom stereocenters. The highest BCUT2D eigenvalue weighted by molar-refractivity contribution is 7.98. The molecule has 1 aromatic heterocycles. The highest BCUT2D eigenvalue weighted by Crippen LogP contribution is 2.30. The van der Waals surface area contributed by atoms with Gasteiger partial charge in [-0.2, -0.15) is 4.98 Å². The van der Waals surface area contributed by atoms with Crippen LogP contribution >= 0.6 is 11.8 Å². The van der Waals surface area contributed by atoms with Crippen molar-refractivity contribution in [1.82, 2.24) is 15.0 Å². The van der Waals surface area contributed by atoms with Gasteiger partial charge in [-0.1, -0.05) is 30.6 Å². The molecule has 0 aliphatic carbocycles. The van der Waals surface area contributed by atoms with E-state index < -0.39 is 0 Å². The lowest BCUT2D eigenvalue weighted by Crippen LogP contribution is -2.24. The van der Waals surface area contributed by atoms with Crippen LogP contribution in [0, 0.1) is 0 Å². The minimum absolute atomic E-state index is 0.0490. The summed E-state index contributed by atoms with van der Waals surface area (Å²) in [5.41, 5.74) is 1.97. The average molecular weight is 438 g/mol. The molecule has 0 saturated carbocycles. The van der Waals surface area contributed by atoms with Gasteiger partial charge in [-0.05, 0) is 54.6 Å². The monoisotopic (exact) mass is 437 g/mol. The van der Waals surface area contributed by atoms with Crippen LogP contribution in [0.5, 0.6) is 5.75 Å². The van der Waals surface area contributed by atoms with Crippen LogP contribution in [0.1, 0.15) is 43.5 Å². The Morgan fingerprint density at radius 2 is 1.94 bits per heavy atom. The van der Waals surface area contributed by atoms with Gasteiger partial charge in [0, 0.05) is 35.9 Å². The Labute approximate surface area is 187 Å². The highest BCUT2D eigenvalue weighted by atomic mass is 32.2. The number of nitrogens with zero attached hydrogens (tertiary/aromatic N) is 3. The zero-order chi connectivity index (χ0) is 21.6. The molecule has 162 valence electrons. The normalized spacial score (nSPS) is 16.1. The summed E-state index contributed by atoms with van der Waals surface area (Å²) in [6, 6.07) is 16.0. The number of carbonyl (C=O) groups is 1. The molecule has 1 aliphatic rings. The second-order valence-corrected chi connectivity index (χ2v) is 8.59. The van der Waals surface area contributed by atoms with E-state index in [0.717, 1.165) is 29.7 Å². The lowest BCUT2D eigenvalue weighted by molar-refractivity contribution is -0.128. The first kappa shape index (κ1) is 21.4. The van der Waals surface area contributed by atoms with E-state index in [-0.39, 0.29) is 11.8 Å². The molecule has 2 heterocycles. The highest BCUT2D eigenvalue weighted by Gasteiger charge is 2.33. The standard InChI is InChI=1S/C24H27N3O3S/c1-3-4-13-29-20-9-7-18(8-10-20)24-25-23(26-30-24)19-14-22(28)27(16-19)15-17-5-11-21(31-2)12-6-17/h5-12,19H,3-4,13-16H2,1-2H3. The smallest absolute Gasteiger partial charge is 0.257 e. The number of carbonyl (C=O) groups excluding carboxylic acids is 1. The Kier molecular flexibility index (Phi) is 6.92. The van der Waals surface area contributed by atoms with Crippen molar-refractivity contribution >= 4 is 17.7 Å². The third-order valence-corrected chi connectivity index (χ3v) is 6.17. The number of rotatable bonds is 9. The van der Waals surface area contributed by atoms with E-state index in [1.54, 1.807) is 11.8 Å². The van der Waals surface area contributed by atoms with E-state index >= 15 is 0 Å². The molecule has 6 nitrogen and oxygen atoms in total. The fourth-order valence-electron chi connectivity index (χ4n) is 3.60. The maximum absolute atomic E-state index is 12.5. The first-order valence-corrected chi connectivity index (χ1v) is 11.9. The topological polar surface area (TPSA) is 68.5 Å². The van der Waals surface area contributed by atoms with Crippen molar-refractivity contribution < 1.29 is 14.1 Å². The average Bonchev–Trinajstić information content (AvgIpc) is 3.42. The molecule has 0 N–H and O–H groups in total. The predicted octanol–water partition coefficient (Wildman–Crippen LogP) is 5.15. The van der Waals surface area contributed by atoms with E-state index in [0.29, 0.717) is 37.8 Å². The van der Waals surface area contributed by atoms with Crippen molar-refractivity contribution in [3.8, 4) is 17.2 Å². The predicted molar refractivity (Wildman–Crippen MR) is 121 cm³/mol. The number of benzene rings is 2. The number of ether oxygens (including phenoxy) is 1. The largest absolute Gasteiger partial charge is 0.494 e. The fraction of sp³-hybridized carbons (Fsp3) is 0.375. The first-order chi connectivity index (χ1) is 15.2. The van der Waals surface area contributed by atoms with Crippen LogP contribution in [0.3, 0.4) is 0 Å². The van der Waals surface area contributed by atoms with Crippen LogP contribution in [0.2, 0.25) is 0 Å². The lowest BCUT2D eigenvalue weighted by atomic mass is 10.1. The van der Waals surface area contributed by atoms with Crippen LogP contribution in [0.4, 0.5) is 0 Å². The van der Waals surface area contributed by atoms with E-state index in [2.05, 4.69) is 47.6 Å². The SMILES string of the molecule is CCCCOc1ccc(-c2nc(C3CC(=O)N(Cc4ccc(SC)cc4)C3)no2)cc1. The Bertz CT molecular complexity index is 1000. The van der Waals surface area contributed by atoms with Crippen LogP contribution < -0.4 is 4.74 Å². The molecule has 1 amide bonds. The van der Waals surface area contributed by atoms with E-state index in [1.165, 1.54) is 4.90 Å². The molecule has 1 fully saturated rings. The Hall–Kier alpha value is -2.80. The van der Waals surface area contributed by atoms with Gasteiger partial charge in [0.2, 0.25) is 5.91 Å². The first-order valence-electron chi connectivity index (χ1n) is 10.6. The van der Waals surface area contributed by atoms with Crippen molar-refractivity contribution in [2.45, 2.75) is 43.5 Å². The zero-order valence-electron chi connectivity index (χ0n) is 17.9. The Morgan fingerprint density at radius 3 is 2.65 bits per heavy atom. The summed E-state index contributed by atoms with van der Waals surface area (Å²) in [6.45, 7) is 4.06. The molecule has 3 aromatic rings. The minimum atomic E-state index is -0.0490. The van der Waals surface area contributed by atoms with Crippen molar-refractivity contribution in [2.75, 3.05) is 19.4 Å². The van der Waals surface area contributed by atoms with Gasteiger partial charge < -0.3 is 14.2 Å². The second kappa shape index (κ2) is 10.0. The van der Waals surface area contributed by atoms with Crippen LogP contribution in [0.25, 0.3) is 11.5 Å². The summed E-state index contributed by atoms with van der Waals surface area (Å²) < 4.78 is 11.2. The van der Waals surface area contributed by atoms with E-state index in [9.17, 15) is 4.79 Å². The number of likely N-dealkylation sites (tertiary alicyclic amines) is 1. The molecule has 31 heavy (non-hydrogen) atoms. The second-order valence-electron chi connectivity index (χ2n) is 7.71. The molecule has 2 aromatic carbocycles. The number of unbranched alkanes of at least 4 members (excludes halogenated alkanes) is 1. The number of aromatic nitrogens is 2. The molecule has 4 rings (SSSR count). The number of hydrogen-bond donors (Lipinski definition) is 0. The molecular weight excluding hydrogens is 410 g/mol. The van der Waals surface area contributed by atoms with Gasteiger partial charge in [-0.15, -0.1) is 11.8 Å². The van der Waals surface area contributed by atoms with Gasteiger partial charge in [0.05, 0.1) is 6.61 Å². The molecule has 0 radical (unpaired) electrons. The third kappa shape index (κ3) is 5.28. The summed E-state index contributed by atoms with van der Waals surface area (Å²) >= 11 is 1.71. The summed E-state index contributed by atoms with van der Waals surface area (Å²) in [4.78, 5) is 20.2. The van der Waals surface area contributed by atoms with E-state index in [4.69, 9.17) is 9.26 Å². The molecular formula is C24H27N3O3S. The number of hydrogen-bond acceptors (Lipinski definition) is 6. The quantitative estimate of drug-likeness (QED) is 0.340. The van der Waals surface area contributed by atoms with Crippen LogP contribution in [-0.2, 0) is 11.3 Å². The van der Waals surface area contributed by atoms with Gasteiger partial charge >= 0.3 is 0 Å². The molecule has 0 bridgehead atoms. The van der Waals surface area contributed by atoms with Gasteiger partial charge in [0.1, 0.15) is 5.75 Å². The van der Waals surface area contributed by atoms with Crippen molar-refractivity contribution in [3.05, 3.63) is 59.9 Å². The maximum Gasteiger partial charge on any atom is 0.257 e.